The minimum atomic E-state index is -0.945. The molecule has 0 unspecified atom stereocenters. The van der Waals surface area contributed by atoms with Gasteiger partial charge in [-0.2, -0.15) is 0 Å². The van der Waals surface area contributed by atoms with Crippen LogP contribution in [0.1, 0.15) is 24.0 Å². The van der Waals surface area contributed by atoms with Crippen LogP contribution in [0.4, 0.5) is 0 Å². The molecule has 0 aliphatic rings. The number of fused-ring (bicyclic) bond motifs is 1. The molecule has 1 heterocycles. The maximum Gasteiger partial charge on any atom is 0.137 e. The third-order valence-corrected chi connectivity index (χ3v) is 5.67. The second-order valence-electron chi connectivity index (χ2n) is 8.30. The Morgan fingerprint density at radius 2 is 1.59 bits per heavy atom. The molecule has 4 N–H and O–H groups in total. The smallest absolute Gasteiger partial charge is 0.137 e. The molecule has 1 aromatic heterocycles. The molecule has 6 nitrogen and oxygen atoms in total. The van der Waals surface area contributed by atoms with E-state index in [-0.39, 0.29) is 25.6 Å². The van der Waals surface area contributed by atoms with Crippen LogP contribution < -0.4 is 15.2 Å². The molecule has 3 aromatic carbocycles. The van der Waals surface area contributed by atoms with Crippen LogP contribution >= 0.6 is 12.4 Å². The molecule has 180 valence electrons. The highest BCUT2D eigenvalue weighted by Crippen LogP contribution is 2.31. The van der Waals surface area contributed by atoms with Crippen LogP contribution in [0.5, 0.6) is 17.2 Å². The largest absolute Gasteiger partial charge is 0.489 e. The summed E-state index contributed by atoms with van der Waals surface area (Å²) in [7, 11) is 0. The van der Waals surface area contributed by atoms with E-state index in [4.69, 9.17) is 19.6 Å². The van der Waals surface area contributed by atoms with Crippen molar-refractivity contribution in [1.82, 2.24) is 0 Å². The Hall–Kier alpha value is -3.03. The van der Waals surface area contributed by atoms with Gasteiger partial charge in [-0.25, -0.2) is 0 Å². The van der Waals surface area contributed by atoms with Gasteiger partial charge < -0.3 is 29.8 Å². The zero-order valence-electron chi connectivity index (χ0n) is 18.9. The summed E-state index contributed by atoms with van der Waals surface area (Å²) in [6.45, 7) is 0.0109. The number of hydrogen-bond acceptors (Lipinski definition) is 6. The van der Waals surface area contributed by atoms with Crippen molar-refractivity contribution in [1.29, 1.82) is 0 Å². The molecule has 0 aliphatic carbocycles. The van der Waals surface area contributed by atoms with E-state index in [1.54, 1.807) is 6.26 Å². The predicted octanol–water partition coefficient (Wildman–Crippen LogP) is 5.23. The molecule has 34 heavy (non-hydrogen) atoms. The fourth-order valence-corrected chi connectivity index (χ4v) is 3.66. The SMILES string of the molecule is Cl.NC(CO)(CO)CCCc1coc2cc(Oc3cccc(OCc4ccccc4)c3)ccc12. The van der Waals surface area contributed by atoms with Gasteiger partial charge in [0.25, 0.3) is 0 Å². The monoisotopic (exact) mass is 483 g/mol. The molecular formula is C27H30ClNO5. The summed E-state index contributed by atoms with van der Waals surface area (Å²) in [5.74, 6) is 2.09. The van der Waals surface area contributed by atoms with Crippen molar-refractivity contribution < 1.29 is 24.1 Å². The highest BCUT2D eigenvalue weighted by atomic mass is 35.5. The maximum atomic E-state index is 9.34. The first-order valence-electron chi connectivity index (χ1n) is 11.0. The number of aliphatic hydroxyl groups is 2. The molecule has 0 saturated heterocycles. The van der Waals surface area contributed by atoms with Gasteiger partial charge in [-0.15, -0.1) is 12.4 Å². The summed E-state index contributed by atoms with van der Waals surface area (Å²) in [6, 6.07) is 23.3. The number of hydrogen-bond donors (Lipinski definition) is 3. The molecule has 4 aromatic rings. The van der Waals surface area contributed by atoms with Gasteiger partial charge in [0.05, 0.1) is 25.0 Å². The number of aryl methyl sites for hydroxylation is 1. The predicted molar refractivity (Wildman–Crippen MR) is 135 cm³/mol. The van der Waals surface area contributed by atoms with Gasteiger partial charge >= 0.3 is 0 Å². The standard InChI is InChI=1S/C27H29NO5.ClH/c28-27(18-29,19-30)13-5-8-21-17-32-26-15-24(11-12-25(21)26)33-23-10-4-9-22(14-23)31-16-20-6-2-1-3-7-20;/h1-4,6-7,9-12,14-15,17,29-30H,5,8,13,16,18-19,28H2;1H. The van der Waals surface area contributed by atoms with Gasteiger partial charge in [-0.3, -0.25) is 0 Å². The number of nitrogens with two attached hydrogens (primary N) is 1. The fourth-order valence-electron chi connectivity index (χ4n) is 3.66. The lowest BCUT2D eigenvalue weighted by atomic mass is 9.94. The van der Waals surface area contributed by atoms with Crippen molar-refractivity contribution >= 4 is 23.4 Å². The quantitative estimate of drug-likeness (QED) is 0.270. The van der Waals surface area contributed by atoms with Crippen LogP contribution in [-0.4, -0.2) is 29.0 Å². The molecule has 0 saturated carbocycles. The Labute approximate surface area is 205 Å². The average molecular weight is 484 g/mol. The van der Waals surface area contributed by atoms with Crippen LogP contribution in [0.25, 0.3) is 11.0 Å². The van der Waals surface area contributed by atoms with E-state index in [1.807, 2.05) is 72.8 Å². The van der Waals surface area contributed by atoms with Crippen LogP contribution in [0.3, 0.4) is 0 Å². The molecule has 4 rings (SSSR count). The van der Waals surface area contributed by atoms with Crippen molar-refractivity contribution in [2.75, 3.05) is 13.2 Å². The fraction of sp³-hybridized carbons (Fsp3) is 0.259. The Balaban J connectivity index is 0.00000324. The third kappa shape index (κ3) is 6.52. The number of furan rings is 1. The van der Waals surface area contributed by atoms with E-state index >= 15 is 0 Å². The van der Waals surface area contributed by atoms with E-state index in [0.717, 1.165) is 40.7 Å². The summed E-state index contributed by atoms with van der Waals surface area (Å²) >= 11 is 0. The van der Waals surface area contributed by atoms with E-state index in [2.05, 4.69) is 0 Å². The summed E-state index contributed by atoms with van der Waals surface area (Å²) in [5.41, 5.74) is 7.91. The Kier molecular flexibility index (Phi) is 8.96. The molecule has 0 bridgehead atoms. The van der Waals surface area contributed by atoms with Crippen molar-refractivity contribution in [3.05, 3.63) is 90.2 Å². The van der Waals surface area contributed by atoms with E-state index < -0.39 is 5.54 Å². The maximum absolute atomic E-state index is 9.34. The van der Waals surface area contributed by atoms with Gasteiger partial charge in [0.2, 0.25) is 0 Å². The number of rotatable bonds is 11. The molecule has 0 aliphatic heterocycles. The van der Waals surface area contributed by atoms with Gasteiger partial charge in [0, 0.05) is 17.5 Å². The minimum absolute atomic E-state index is 0. The number of benzene rings is 3. The van der Waals surface area contributed by atoms with E-state index in [1.165, 1.54) is 0 Å². The van der Waals surface area contributed by atoms with Crippen LogP contribution in [0.2, 0.25) is 0 Å². The van der Waals surface area contributed by atoms with Crippen molar-refractivity contribution in [2.24, 2.45) is 5.73 Å². The number of halogens is 1. The molecule has 0 atom stereocenters. The van der Waals surface area contributed by atoms with Crippen molar-refractivity contribution in [2.45, 2.75) is 31.4 Å². The van der Waals surface area contributed by atoms with Gasteiger partial charge in [-0.1, -0.05) is 36.4 Å². The van der Waals surface area contributed by atoms with Gasteiger partial charge in [0.15, 0.2) is 0 Å². The molecule has 0 radical (unpaired) electrons. The van der Waals surface area contributed by atoms with Crippen molar-refractivity contribution in [3.8, 4) is 17.2 Å². The van der Waals surface area contributed by atoms with Crippen LogP contribution in [0, 0.1) is 0 Å². The molecule has 0 spiro atoms. The lowest BCUT2D eigenvalue weighted by molar-refractivity contribution is 0.113. The molecule has 0 fully saturated rings. The first-order chi connectivity index (χ1) is 16.1. The Morgan fingerprint density at radius 1 is 0.853 bits per heavy atom. The molecule has 0 amide bonds. The Morgan fingerprint density at radius 3 is 2.35 bits per heavy atom. The van der Waals surface area contributed by atoms with Crippen LogP contribution in [-0.2, 0) is 13.0 Å². The Bertz CT molecular complexity index is 1170. The topological polar surface area (TPSA) is 98.1 Å². The van der Waals surface area contributed by atoms with Crippen molar-refractivity contribution in [3.63, 3.8) is 0 Å². The van der Waals surface area contributed by atoms with E-state index in [9.17, 15) is 10.2 Å². The number of ether oxygens (including phenoxy) is 2. The summed E-state index contributed by atoms with van der Waals surface area (Å²) in [4.78, 5) is 0. The first kappa shape index (κ1) is 25.6. The van der Waals surface area contributed by atoms with Gasteiger partial charge in [0.1, 0.15) is 29.4 Å². The minimum Gasteiger partial charge on any atom is -0.489 e. The number of aliphatic hydroxyl groups excluding tert-OH is 2. The first-order valence-corrected chi connectivity index (χ1v) is 11.0. The summed E-state index contributed by atoms with van der Waals surface area (Å²) < 4.78 is 17.7. The van der Waals surface area contributed by atoms with Crippen LogP contribution in [0.15, 0.2) is 83.5 Å². The highest BCUT2D eigenvalue weighted by Gasteiger charge is 2.22. The van der Waals surface area contributed by atoms with Gasteiger partial charge in [-0.05, 0) is 54.7 Å². The highest BCUT2D eigenvalue weighted by molar-refractivity contribution is 5.85. The second kappa shape index (κ2) is 11.9. The summed E-state index contributed by atoms with van der Waals surface area (Å²) in [5, 5.41) is 19.7. The summed E-state index contributed by atoms with van der Waals surface area (Å²) in [6.07, 6.45) is 3.74. The molecular weight excluding hydrogens is 454 g/mol. The molecule has 7 heteroatoms. The third-order valence-electron chi connectivity index (χ3n) is 5.67. The zero-order valence-corrected chi connectivity index (χ0v) is 19.7. The lowest BCUT2D eigenvalue weighted by Crippen LogP contribution is -2.47. The zero-order chi connectivity index (χ0) is 23.1. The lowest BCUT2D eigenvalue weighted by Gasteiger charge is -2.24. The average Bonchev–Trinajstić information content (AvgIpc) is 3.25. The second-order valence-corrected chi connectivity index (χ2v) is 8.30. The van der Waals surface area contributed by atoms with E-state index in [0.29, 0.717) is 24.5 Å². The normalized spacial score (nSPS) is 11.3.